The first kappa shape index (κ1) is 27.7. The Kier molecular flexibility index (Phi) is 7.98. The van der Waals surface area contributed by atoms with E-state index in [1.54, 1.807) is 24.4 Å². The van der Waals surface area contributed by atoms with Crippen molar-refractivity contribution in [2.45, 2.75) is 32.2 Å². The number of ether oxygens (including phenoxy) is 3. The monoisotopic (exact) mass is 565 g/mol. The van der Waals surface area contributed by atoms with Gasteiger partial charge >= 0.3 is 0 Å². The van der Waals surface area contributed by atoms with Crippen LogP contribution in [-0.4, -0.2) is 101 Å². The number of benzene rings is 1. The van der Waals surface area contributed by atoms with Gasteiger partial charge in [-0.25, -0.2) is 19.3 Å². The van der Waals surface area contributed by atoms with E-state index in [1.165, 1.54) is 12.1 Å². The van der Waals surface area contributed by atoms with Crippen molar-refractivity contribution in [3.8, 4) is 22.6 Å². The Morgan fingerprint density at radius 2 is 1.85 bits per heavy atom. The molecule has 5 heterocycles. The van der Waals surface area contributed by atoms with Crippen LogP contribution in [0.1, 0.15) is 31.9 Å². The van der Waals surface area contributed by atoms with Crippen LogP contribution in [0.15, 0.2) is 36.5 Å². The number of amides is 1. The predicted molar refractivity (Wildman–Crippen MR) is 149 cm³/mol. The molecule has 0 radical (unpaired) electrons. The molecule has 3 aliphatic rings. The number of piperazine rings is 1. The molecule has 0 bridgehead atoms. The number of hydrogen-bond donors (Lipinski definition) is 2. The minimum atomic E-state index is -0.796. The molecule has 12 heteroatoms. The first-order chi connectivity index (χ1) is 19.9. The molecule has 11 nitrogen and oxygen atoms in total. The molecule has 0 aliphatic carbocycles. The fraction of sp³-hybridized carbons (Fsp3) is 0.517. The molecule has 3 aromatic rings. The van der Waals surface area contributed by atoms with Crippen LogP contribution in [-0.2, 0) is 19.0 Å². The van der Waals surface area contributed by atoms with Crippen molar-refractivity contribution >= 4 is 11.9 Å². The second-order valence-electron chi connectivity index (χ2n) is 11.2. The molecule has 1 aromatic carbocycles. The largest absolute Gasteiger partial charge is 0.376 e. The Hall–Kier alpha value is -3.45. The average Bonchev–Trinajstić information content (AvgIpc) is 3.68. The molecular formula is C29H36FN7O4. The quantitative estimate of drug-likeness (QED) is 0.446. The Labute approximate surface area is 238 Å². The van der Waals surface area contributed by atoms with Gasteiger partial charge in [0.1, 0.15) is 5.82 Å². The smallest absolute Gasteiger partial charge is 0.233 e. The van der Waals surface area contributed by atoms with Crippen LogP contribution in [0.5, 0.6) is 0 Å². The number of imidazole rings is 1. The number of nitrogens with one attached hydrogen (secondary N) is 2. The van der Waals surface area contributed by atoms with Crippen molar-refractivity contribution in [1.82, 2.24) is 29.7 Å². The number of carbonyl (C=O) groups is 1. The van der Waals surface area contributed by atoms with Gasteiger partial charge in [-0.2, -0.15) is 0 Å². The number of halogens is 1. The van der Waals surface area contributed by atoms with E-state index in [0.717, 1.165) is 32.5 Å². The lowest BCUT2D eigenvalue weighted by Gasteiger charge is -2.41. The minimum absolute atomic E-state index is 0.0419. The van der Waals surface area contributed by atoms with Gasteiger partial charge in [0.05, 0.1) is 41.8 Å². The molecule has 218 valence electrons. The number of aromatic nitrogens is 4. The highest BCUT2D eigenvalue weighted by Crippen LogP contribution is 2.36. The van der Waals surface area contributed by atoms with Gasteiger partial charge in [0, 0.05) is 51.1 Å². The molecule has 1 atom stereocenters. The van der Waals surface area contributed by atoms with E-state index in [-0.39, 0.29) is 31.0 Å². The number of aromatic amines is 1. The fourth-order valence-corrected chi connectivity index (χ4v) is 5.38. The molecule has 0 spiro atoms. The normalized spacial score (nSPS) is 25.4. The minimum Gasteiger partial charge on any atom is -0.376 e. The number of carbonyl (C=O) groups excluding carboxylic acids is 1. The summed E-state index contributed by atoms with van der Waals surface area (Å²) in [6.45, 7) is 6.78. The number of anilines is 1. The summed E-state index contributed by atoms with van der Waals surface area (Å²) in [6, 6.07) is 7.92. The summed E-state index contributed by atoms with van der Waals surface area (Å²) in [5.41, 5.74) is 1.75. The Balaban J connectivity index is 1.22. The third-order valence-corrected chi connectivity index (χ3v) is 7.90. The molecule has 1 unspecified atom stereocenters. The van der Waals surface area contributed by atoms with Crippen LogP contribution in [0.25, 0.3) is 22.6 Å². The molecule has 3 saturated heterocycles. The van der Waals surface area contributed by atoms with Gasteiger partial charge in [0.2, 0.25) is 18.1 Å². The van der Waals surface area contributed by atoms with E-state index in [4.69, 9.17) is 24.2 Å². The first-order valence-electron chi connectivity index (χ1n) is 14.1. The summed E-state index contributed by atoms with van der Waals surface area (Å²) in [5, 5.41) is 3.26. The Bertz CT molecular complexity index is 1350. The summed E-state index contributed by atoms with van der Waals surface area (Å²) >= 11 is 0. The maximum Gasteiger partial charge on any atom is 0.233 e. The van der Waals surface area contributed by atoms with Gasteiger partial charge in [0.15, 0.2) is 5.82 Å². The lowest BCUT2D eigenvalue weighted by atomic mass is 9.90. The molecule has 2 aromatic heterocycles. The highest BCUT2D eigenvalue weighted by molar-refractivity contribution is 5.83. The van der Waals surface area contributed by atoms with E-state index >= 15 is 0 Å². The van der Waals surface area contributed by atoms with E-state index in [1.807, 2.05) is 11.8 Å². The Morgan fingerprint density at radius 3 is 2.56 bits per heavy atom. The number of likely N-dealkylation sites (N-methyl/N-ethyl adjacent to an activating group) is 1. The van der Waals surface area contributed by atoms with Crippen LogP contribution in [0, 0.1) is 11.2 Å². The van der Waals surface area contributed by atoms with Crippen LogP contribution in [0.3, 0.4) is 0 Å². The highest BCUT2D eigenvalue weighted by Gasteiger charge is 2.43. The second-order valence-corrected chi connectivity index (χ2v) is 11.2. The summed E-state index contributed by atoms with van der Waals surface area (Å²) < 4.78 is 31.6. The van der Waals surface area contributed by atoms with Crippen molar-refractivity contribution in [2.24, 2.45) is 5.41 Å². The zero-order chi connectivity index (χ0) is 28.4. The fourth-order valence-electron chi connectivity index (χ4n) is 5.38. The molecule has 3 aliphatic heterocycles. The van der Waals surface area contributed by atoms with Gasteiger partial charge in [-0.3, -0.25) is 4.79 Å². The third-order valence-electron chi connectivity index (χ3n) is 7.90. The summed E-state index contributed by atoms with van der Waals surface area (Å²) in [5.74, 6) is 0.626. The third kappa shape index (κ3) is 6.10. The van der Waals surface area contributed by atoms with E-state index in [9.17, 15) is 9.18 Å². The van der Waals surface area contributed by atoms with E-state index in [2.05, 4.69) is 27.2 Å². The summed E-state index contributed by atoms with van der Waals surface area (Å²) in [7, 11) is 2.06. The molecule has 1 amide bonds. The molecule has 3 fully saturated rings. The first-order valence-corrected chi connectivity index (χ1v) is 14.1. The predicted octanol–water partition coefficient (Wildman–Crippen LogP) is 3.09. The molecule has 2 N–H and O–H groups in total. The van der Waals surface area contributed by atoms with Crippen LogP contribution < -0.4 is 5.32 Å². The van der Waals surface area contributed by atoms with Crippen LogP contribution >= 0.6 is 0 Å². The highest BCUT2D eigenvalue weighted by atomic mass is 19.1. The van der Waals surface area contributed by atoms with Gasteiger partial charge < -0.3 is 34.3 Å². The van der Waals surface area contributed by atoms with Crippen molar-refractivity contribution in [3.05, 3.63) is 48.2 Å². The summed E-state index contributed by atoms with van der Waals surface area (Å²) in [4.78, 5) is 34.6. The average molecular weight is 566 g/mol. The zero-order valence-electron chi connectivity index (χ0n) is 23.4. The second kappa shape index (κ2) is 11.8. The van der Waals surface area contributed by atoms with Crippen molar-refractivity contribution in [3.63, 3.8) is 0 Å². The standard InChI is InChI=1S/C29H36FN7O4/c1-29(27(38)37-13-11-36(2)12-14-37)17-40-26(41-18-29)25-34-23(19-5-7-20(30)8-6-19)24(35-25)22-9-10-31-28(33-22)32-16-21-4-3-15-39-21/h5-10,21,26H,3-4,11-18H2,1-2H3,(H,34,35)(H,31,32,33). The molecule has 0 saturated carbocycles. The van der Waals surface area contributed by atoms with E-state index in [0.29, 0.717) is 54.1 Å². The number of nitrogens with zero attached hydrogens (tertiary/aromatic N) is 5. The lowest BCUT2D eigenvalue weighted by molar-refractivity contribution is -0.234. The molecule has 41 heavy (non-hydrogen) atoms. The van der Waals surface area contributed by atoms with Crippen molar-refractivity contribution < 1.29 is 23.4 Å². The van der Waals surface area contributed by atoms with E-state index < -0.39 is 11.7 Å². The number of rotatable bonds is 7. The maximum atomic E-state index is 13.7. The van der Waals surface area contributed by atoms with Crippen molar-refractivity contribution in [2.75, 3.05) is 64.9 Å². The van der Waals surface area contributed by atoms with Crippen LogP contribution in [0.2, 0.25) is 0 Å². The topological polar surface area (TPSA) is 118 Å². The van der Waals surface area contributed by atoms with Crippen LogP contribution in [0.4, 0.5) is 10.3 Å². The maximum absolute atomic E-state index is 13.7. The van der Waals surface area contributed by atoms with Gasteiger partial charge in [-0.15, -0.1) is 0 Å². The lowest BCUT2D eigenvalue weighted by Crippen LogP contribution is -2.55. The van der Waals surface area contributed by atoms with Gasteiger partial charge in [-0.1, -0.05) is 0 Å². The van der Waals surface area contributed by atoms with Gasteiger partial charge in [0.25, 0.3) is 0 Å². The Morgan fingerprint density at radius 1 is 1.10 bits per heavy atom. The SMILES string of the molecule is CN1CCN(C(=O)C2(C)COC(c3nc(-c4ccc(F)cc4)c(-c4ccnc(NCC5CCCO5)n4)[nH]3)OC2)CC1. The summed E-state index contributed by atoms with van der Waals surface area (Å²) in [6.07, 6.45) is 3.09. The zero-order valence-corrected chi connectivity index (χ0v) is 23.4. The number of H-pyrrole nitrogens is 1. The number of hydrogen-bond acceptors (Lipinski definition) is 9. The van der Waals surface area contributed by atoms with Crippen molar-refractivity contribution in [1.29, 1.82) is 0 Å². The molecular weight excluding hydrogens is 529 g/mol. The molecule has 6 rings (SSSR count). The van der Waals surface area contributed by atoms with Gasteiger partial charge in [-0.05, 0) is 57.1 Å².